The number of hydrogen-bond donors (Lipinski definition) is 2. The second kappa shape index (κ2) is 20.2. The Morgan fingerprint density at radius 1 is 0.149 bits per heavy atom. The van der Waals surface area contributed by atoms with Crippen molar-refractivity contribution < 1.29 is 10.2 Å². The lowest BCUT2D eigenvalue weighted by Gasteiger charge is -2.27. The molecule has 0 bridgehead atoms. The van der Waals surface area contributed by atoms with Crippen molar-refractivity contribution in [3.8, 4) is 134 Å². The lowest BCUT2D eigenvalue weighted by atomic mass is 9.76. The lowest BCUT2D eigenvalue weighted by Crippen LogP contribution is -2.00. The van der Waals surface area contributed by atoms with Crippen molar-refractivity contribution in [3.63, 3.8) is 0 Å². The summed E-state index contributed by atoms with van der Waals surface area (Å²) >= 11 is 0. The van der Waals surface area contributed by atoms with E-state index in [2.05, 4.69) is 243 Å². The molecule has 0 heterocycles. The quantitative estimate of drug-likeness (QED) is 0.136. The molecule has 74 heavy (non-hydrogen) atoms. The van der Waals surface area contributed by atoms with Crippen molar-refractivity contribution in [1.29, 1.82) is 0 Å². The molecule has 2 N–H and O–H groups in total. The van der Waals surface area contributed by atoms with E-state index >= 15 is 0 Å². The molecule has 0 unspecified atom stereocenters. The van der Waals surface area contributed by atoms with E-state index in [-0.39, 0.29) is 11.5 Å². The second-order valence-electron chi connectivity index (χ2n) is 18.6. The summed E-state index contributed by atoms with van der Waals surface area (Å²) in [5.74, 6) is 0.421. The second-order valence-corrected chi connectivity index (χ2v) is 18.6. The average molecular weight is 947 g/mol. The summed E-state index contributed by atoms with van der Waals surface area (Å²) in [5.41, 5.74) is 23.8. The van der Waals surface area contributed by atoms with Gasteiger partial charge in [0.1, 0.15) is 11.5 Å². The average Bonchev–Trinajstić information content (AvgIpc) is 3.50. The van der Waals surface area contributed by atoms with E-state index in [1.807, 2.05) is 24.3 Å². The summed E-state index contributed by atoms with van der Waals surface area (Å²) in [6.07, 6.45) is 0. The predicted octanol–water partition coefficient (Wildman–Crippen LogP) is 19.4. The molecule has 0 amide bonds. The van der Waals surface area contributed by atoms with Crippen LogP contribution in [0.15, 0.2) is 291 Å². The van der Waals surface area contributed by atoms with Gasteiger partial charge in [-0.3, -0.25) is 0 Å². The van der Waals surface area contributed by atoms with Crippen LogP contribution < -0.4 is 0 Å². The van der Waals surface area contributed by atoms with Crippen LogP contribution in [0.2, 0.25) is 0 Å². The first-order valence-electron chi connectivity index (χ1n) is 25.1. The molecule has 12 rings (SSSR count). The first-order chi connectivity index (χ1) is 36.6. The summed E-state index contributed by atoms with van der Waals surface area (Å²) in [7, 11) is 0. The Bertz CT molecular complexity index is 3630. The van der Waals surface area contributed by atoms with Gasteiger partial charge in [0.15, 0.2) is 0 Å². The zero-order valence-electron chi connectivity index (χ0n) is 40.6. The molecule has 0 spiro atoms. The lowest BCUT2D eigenvalue weighted by molar-refractivity contribution is 0.475. The molecule has 12 aromatic rings. The Morgan fingerprint density at radius 2 is 0.351 bits per heavy atom. The number of aromatic hydroxyl groups is 2. The van der Waals surface area contributed by atoms with Gasteiger partial charge in [-0.05, 0) is 159 Å². The monoisotopic (exact) mass is 946 g/mol. The van der Waals surface area contributed by atoms with Crippen LogP contribution in [-0.4, -0.2) is 10.2 Å². The van der Waals surface area contributed by atoms with Crippen LogP contribution in [0.4, 0.5) is 0 Å². The van der Waals surface area contributed by atoms with Gasteiger partial charge < -0.3 is 10.2 Å². The van der Waals surface area contributed by atoms with Gasteiger partial charge in [0.05, 0.1) is 0 Å². The highest BCUT2D eigenvalue weighted by Crippen LogP contribution is 2.55. The molecule has 350 valence electrons. The Morgan fingerprint density at radius 3 is 0.635 bits per heavy atom. The van der Waals surface area contributed by atoms with E-state index in [0.29, 0.717) is 0 Å². The molecular formula is C72H50O2. The van der Waals surface area contributed by atoms with E-state index < -0.39 is 0 Å². The minimum Gasteiger partial charge on any atom is -0.508 e. The maximum atomic E-state index is 10.8. The Balaban J connectivity index is 1.22. The third kappa shape index (κ3) is 8.65. The van der Waals surface area contributed by atoms with Crippen molar-refractivity contribution in [2.75, 3.05) is 0 Å². The maximum Gasteiger partial charge on any atom is 0.115 e. The Labute approximate surface area is 433 Å². The number of hydrogen-bond acceptors (Lipinski definition) is 2. The van der Waals surface area contributed by atoms with Gasteiger partial charge in [0.25, 0.3) is 0 Å². The molecule has 0 aliphatic carbocycles. The summed E-state index contributed by atoms with van der Waals surface area (Å²) in [4.78, 5) is 0. The van der Waals surface area contributed by atoms with Gasteiger partial charge in [0.2, 0.25) is 0 Å². The molecule has 0 saturated carbocycles. The molecule has 2 heteroatoms. The van der Waals surface area contributed by atoms with Crippen LogP contribution in [0.25, 0.3) is 122 Å². The molecule has 0 saturated heterocycles. The fourth-order valence-corrected chi connectivity index (χ4v) is 10.8. The zero-order chi connectivity index (χ0) is 49.8. The van der Waals surface area contributed by atoms with Gasteiger partial charge in [0, 0.05) is 0 Å². The zero-order valence-corrected chi connectivity index (χ0v) is 40.6. The molecule has 0 radical (unpaired) electrons. The smallest absolute Gasteiger partial charge is 0.115 e. The van der Waals surface area contributed by atoms with Crippen LogP contribution in [0.3, 0.4) is 0 Å². The van der Waals surface area contributed by atoms with Crippen LogP contribution in [-0.2, 0) is 0 Å². The molecule has 0 aliphatic heterocycles. The predicted molar refractivity (Wildman–Crippen MR) is 310 cm³/mol. The third-order valence-corrected chi connectivity index (χ3v) is 14.1. The fourth-order valence-electron chi connectivity index (χ4n) is 10.8. The van der Waals surface area contributed by atoms with E-state index in [1.54, 1.807) is 24.3 Å². The summed E-state index contributed by atoms with van der Waals surface area (Å²) < 4.78 is 0. The SMILES string of the molecule is Oc1ccc(-c2c(-c3ccccc3-c3ccccc3-c3cc(-c4ccccc4)c(-c4ccccc4)c(-c4ccccc4)c3-c3ccc(O)cc3)cc(-c3ccccc3)c(-c3ccccc3)c2-c2ccccc2)cc1. The van der Waals surface area contributed by atoms with Crippen molar-refractivity contribution in [1.82, 2.24) is 0 Å². The number of phenols is 2. The van der Waals surface area contributed by atoms with E-state index in [1.165, 1.54) is 0 Å². The first-order valence-corrected chi connectivity index (χ1v) is 25.1. The molecule has 0 fully saturated rings. The number of rotatable bonds is 11. The third-order valence-electron chi connectivity index (χ3n) is 14.1. The van der Waals surface area contributed by atoms with Crippen molar-refractivity contribution in [3.05, 3.63) is 291 Å². The highest BCUT2D eigenvalue weighted by Gasteiger charge is 2.28. The first kappa shape index (κ1) is 45.4. The number of benzene rings is 12. The molecular weight excluding hydrogens is 897 g/mol. The summed E-state index contributed by atoms with van der Waals surface area (Å²) in [5, 5.41) is 21.6. The van der Waals surface area contributed by atoms with E-state index in [4.69, 9.17) is 0 Å². The van der Waals surface area contributed by atoms with Crippen molar-refractivity contribution >= 4 is 0 Å². The van der Waals surface area contributed by atoms with Crippen LogP contribution >= 0.6 is 0 Å². The molecule has 2 nitrogen and oxygen atoms in total. The van der Waals surface area contributed by atoms with Crippen molar-refractivity contribution in [2.24, 2.45) is 0 Å². The summed E-state index contributed by atoms with van der Waals surface area (Å²) in [6, 6.07) is 102. The Kier molecular flexibility index (Phi) is 12.4. The van der Waals surface area contributed by atoms with Gasteiger partial charge in [-0.25, -0.2) is 0 Å². The maximum absolute atomic E-state index is 10.8. The van der Waals surface area contributed by atoms with Crippen molar-refractivity contribution in [2.45, 2.75) is 0 Å². The van der Waals surface area contributed by atoms with E-state index in [0.717, 1.165) is 122 Å². The largest absolute Gasteiger partial charge is 0.508 e. The topological polar surface area (TPSA) is 40.5 Å². The van der Waals surface area contributed by atoms with Gasteiger partial charge >= 0.3 is 0 Å². The minimum absolute atomic E-state index is 0.211. The molecule has 0 aromatic heterocycles. The minimum atomic E-state index is 0.211. The fraction of sp³-hybridized carbons (Fsp3) is 0. The molecule has 0 atom stereocenters. The van der Waals surface area contributed by atoms with E-state index in [9.17, 15) is 10.2 Å². The van der Waals surface area contributed by atoms with Gasteiger partial charge in [-0.2, -0.15) is 0 Å². The van der Waals surface area contributed by atoms with Crippen LogP contribution in [0, 0.1) is 0 Å². The normalized spacial score (nSPS) is 11.1. The Hall–Kier alpha value is -9.76. The molecule has 12 aromatic carbocycles. The van der Waals surface area contributed by atoms with Gasteiger partial charge in [-0.15, -0.1) is 0 Å². The highest BCUT2D eigenvalue weighted by atomic mass is 16.3. The van der Waals surface area contributed by atoms with Crippen LogP contribution in [0.5, 0.6) is 11.5 Å². The number of phenolic OH excluding ortho intramolecular Hbond substituents is 2. The van der Waals surface area contributed by atoms with Gasteiger partial charge in [-0.1, -0.05) is 255 Å². The van der Waals surface area contributed by atoms with Crippen LogP contribution in [0.1, 0.15) is 0 Å². The summed E-state index contributed by atoms with van der Waals surface area (Å²) in [6.45, 7) is 0. The standard InChI is InChI=1S/C72H50O2/c73-57-43-39-55(40-44-57)69-65(47-63(49-23-7-1-8-24-49)67(51-27-11-3-12-28-51)71(69)53-31-15-5-16-32-53)61-37-21-19-35-59(61)60-36-20-22-38-62(60)66-48-64(50-25-9-2-10-26-50)68(52-29-13-4-14-30-52)72(54-33-17-6-18-34-54)70(66)56-41-45-58(74)46-42-56/h1-48,73-74H. The highest BCUT2D eigenvalue weighted by molar-refractivity contribution is 6.12. The molecule has 0 aliphatic rings.